The number of rotatable bonds is 9. The van der Waals surface area contributed by atoms with Gasteiger partial charge in [-0.25, -0.2) is 8.42 Å². The summed E-state index contributed by atoms with van der Waals surface area (Å²) in [6.45, 7) is 0.666. The topological polar surface area (TPSA) is 97.0 Å². The molecule has 3 aromatic carbocycles. The van der Waals surface area contributed by atoms with Gasteiger partial charge in [-0.15, -0.1) is 0 Å². The predicted octanol–water partition coefficient (Wildman–Crippen LogP) is 4.43. The van der Waals surface area contributed by atoms with E-state index in [4.69, 9.17) is 21.7 Å². The summed E-state index contributed by atoms with van der Waals surface area (Å²) in [5.41, 5.74) is 1.36. The van der Waals surface area contributed by atoms with E-state index in [0.29, 0.717) is 33.8 Å². The summed E-state index contributed by atoms with van der Waals surface area (Å²) in [6.07, 6.45) is 0. The molecule has 0 heterocycles. The largest absolute Gasteiger partial charge is 0.490 e. The number of thiocarbonyl (C=S) groups is 1. The summed E-state index contributed by atoms with van der Waals surface area (Å²) in [5.74, 6) is -0.0671. The highest BCUT2D eigenvalue weighted by molar-refractivity contribution is 9.10. The number of carbonyl (C=O) groups excluding carboxylic acids is 1. The smallest absolute Gasteiger partial charge is 0.264 e. The Kier molecular flexibility index (Phi) is 9.21. The molecule has 8 nitrogen and oxygen atoms in total. The van der Waals surface area contributed by atoms with Crippen LogP contribution in [0.3, 0.4) is 0 Å². The van der Waals surface area contributed by atoms with Crippen LogP contribution in [0.15, 0.2) is 82.2 Å². The first-order valence-corrected chi connectivity index (χ1v) is 13.0. The summed E-state index contributed by atoms with van der Waals surface area (Å²) in [5, 5.41) is 5.55. The van der Waals surface area contributed by atoms with E-state index in [1.165, 1.54) is 23.5 Å². The second-order valence-electron chi connectivity index (χ2n) is 7.22. The van der Waals surface area contributed by atoms with Crippen molar-refractivity contribution in [3.63, 3.8) is 0 Å². The maximum atomic E-state index is 12.9. The third-order valence-electron chi connectivity index (χ3n) is 4.85. The van der Waals surface area contributed by atoms with Crippen molar-refractivity contribution in [2.24, 2.45) is 0 Å². The number of hydrogen-bond acceptors (Lipinski definition) is 6. The van der Waals surface area contributed by atoms with Crippen molar-refractivity contribution in [2.45, 2.75) is 4.90 Å². The van der Waals surface area contributed by atoms with Gasteiger partial charge in [0.25, 0.3) is 15.9 Å². The van der Waals surface area contributed by atoms with E-state index in [-0.39, 0.29) is 16.6 Å². The van der Waals surface area contributed by atoms with Crippen molar-refractivity contribution in [2.75, 3.05) is 37.0 Å². The minimum atomic E-state index is -3.74. The van der Waals surface area contributed by atoms with E-state index in [2.05, 4.69) is 26.6 Å². The Hall–Kier alpha value is -2.99. The molecule has 0 aliphatic carbocycles. The predicted molar refractivity (Wildman–Crippen MR) is 144 cm³/mol. The summed E-state index contributed by atoms with van der Waals surface area (Å²) in [4.78, 5) is 12.9. The molecule has 0 fully saturated rings. The molecular weight excluding hydrogens is 554 g/mol. The number of nitrogens with one attached hydrogen (secondary N) is 2. The van der Waals surface area contributed by atoms with E-state index in [0.717, 1.165) is 0 Å². The van der Waals surface area contributed by atoms with Gasteiger partial charge < -0.3 is 14.8 Å². The Morgan fingerprint density at radius 1 is 1.03 bits per heavy atom. The zero-order chi connectivity index (χ0) is 25.4. The van der Waals surface area contributed by atoms with Gasteiger partial charge in [0.1, 0.15) is 12.4 Å². The third kappa shape index (κ3) is 7.01. The Morgan fingerprint density at radius 2 is 1.71 bits per heavy atom. The fraction of sp³-hybridized carbons (Fsp3) is 0.167. The van der Waals surface area contributed by atoms with Crippen LogP contribution >= 0.6 is 28.1 Å². The van der Waals surface area contributed by atoms with E-state index in [1.54, 1.807) is 61.7 Å². The first-order valence-electron chi connectivity index (χ1n) is 10.4. The summed E-state index contributed by atoms with van der Waals surface area (Å²) >= 11 is 8.62. The van der Waals surface area contributed by atoms with E-state index in [1.807, 2.05) is 6.07 Å². The molecule has 11 heteroatoms. The van der Waals surface area contributed by atoms with Gasteiger partial charge in [-0.1, -0.05) is 34.1 Å². The maximum absolute atomic E-state index is 12.9. The number of anilines is 2. The normalized spacial score (nSPS) is 10.9. The van der Waals surface area contributed by atoms with Crippen molar-refractivity contribution < 1.29 is 22.7 Å². The number of amides is 1. The van der Waals surface area contributed by atoms with Gasteiger partial charge in [-0.3, -0.25) is 14.4 Å². The fourth-order valence-corrected chi connectivity index (χ4v) is 4.79. The molecule has 0 atom stereocenters. The highest BCUT2D eigenvalue weighted by atomic mass is 79.9. The van der Waals surface area contributed by atoms with E-state index < -0.39 is 15.9 Å². The van der Waals surface area contributed by atoms with Crippen LogP contribution in [-0.4, -0.2) is 46.8 Å². The van der Waals surface area contributed by atoms with Crippen molar-refractivity contribution in [3.05, 3.63) is 82.8 Å². The highest BCUT2D eigenvalue weighted by Crippen LogP contribution is 2.24. The fourth-order valence-electron chi connectivity index (χ4n) is 3.02. The van der Waals surface area contributed by atoms with Crippen LogP contribution < -0.4 is 19.7 Å². The molecule has 184 valence electrons. The Balaban J connectivity index is 1.66. The first-order chi connectivity index (χ1) is 16.7. The number of halogens is 1. The average Bonchev–Trinajstić information content (AvgIpc) is 2.85. The van der Waals surface area contributed by atoms with Gasteiger partial charge in [-0.05, 0) is 66.8 Å². The number of para-hydroxylation sites is 1. The van der Waals surface area contributed by atoms with Gasteiger partial charge in [0.2, 0.25) is 0 Å². The molecule has 35 heavy (non-hydrogen) atoms. The van der Waals surface area contributed by atoms with Gasteiger partial charge in [-0.2, -0.15) is 0 Å². The van der Waals surface area contributed by atoms with Gasteiger partial charge in [0, 0.05) is 24.3 Å². The molecule has 3 aromatic rings. The molecule has 2 N–H and O–H groups in total. The molecule has 0 aliphatic rings. The first kappa shape index (κ1) is 26.6. The summed E-state index contributed by atoms with van der Waals surface area (Å²) in [7, 11) is -0.677. The van der Waals surface area contributed by atoms with Crippen LogP contribution in [0, 0.1) is 0 Å². The zero-order valence-electron chi connectivity index (χ0n) is 19.0. The molecule has 0 spiro atoms. The summed E-state index contributed by atoms with van der Waals surface area (Å²) in [6, 6.07) is 19.9. The molecular formula is C24H24BrN3O5S2. The number of hydrogen-bond donors (Lipinski definition) is 2. The van der Waals surface area contributed by atoms with Crippen LogP contribution in [0.4, 0.5) is 11.4 Å². The van der Waals surface area contributed by atoms with Crippen molar-refractivity contribution in [1.82, 2.24) is 5.32 Å². The van der Waals surface area contributed by atoms with Crippen LogP contribution in [0.25, 0.3) is 0 Å². The Labute approximate surface area is 218 Å². The quantitative estimate of drug-likeness (QED) is 0.287. The molecule has 0 saturated carbocycles. The second kappa shape index (κ2) is 12.1. The number of carbonyl (C=O) groups is 1. The van der Waals surface area contributed by atoms with Crippen LogP contribution in [-0.2, 0) is 14.8 Å². The van der Waals surface area contributed by atoms with Gasteiger partial charge in [0.05, 0.1) is 22.8 Å². The van der Waals surface area contributed by atoms with Crippen LogP contribution in [0.5, 0.6) is 5.75 Å². The lowest BCUT2D eigenvalue weighted by Crippen LogP contribution is -2.34. The summed E-state index contributed by atoms with van der Waals surface area (Å²) < 4.78 is 38.4. The number of methoxy groups -OCH3 is 1. The molecule has 0 aliphatic heterocycles. The molecule has 3 rings (SSSR count). The van der Waals surface area contributed by atoms with E-state index in [9.17, 15) is 13.2 Å². The lowest BCUT2D eigenvalue weighted by molar-refractivity contribution is 0.0969. The minimum Gasteiger partial charge on any atom is -0.490 e. The molecule has 0 unspecified atom stereocenters. The van der Waals surface area contributed by atoms with Crippen molar-refractivity contribution in [1.29, 1.82) is 0 Å². The van der Waals surface area contributed by atoms with Crippen molar-refractivity contribution in [3.8, 4) is 5.75 Å². The maximum Gasteiger partial charge on any atom is 0.264 e. The number of benzene rings is 3. The molecule has 0 bridgehead atoms. The second-order valence-corrected chi connectivity index (χ2v) is 10.5. The zero-order valence-corrected chi connectivity index (χ0v) is 22.2. The number of nitrogens with zero attached hydrogens (tertiary/aromatic N) is 1. The van der Waals surface area contributed by atoms with Gasteiger partial charge >= 0.3 is 0 Å². The SMILES string of the molecule is COCCOc1ccc(Br)cc1C(=O)NC(=S)Nc1ccc(S(=O)(=O)N(C)c2ccccc2)cc1. The minimum absolute atomic E-state index is 0.0508. The Morgan fingerprint density at radius 3 is 2.37 bits per heavy atom. The Bertz CT molecular complexity index is 1290. The monoisotopic (exact) mass is 577 g/mol. The van der Waals surface area contributed by atoms with E-state index >= 15 is 0 Å². The number of ether oxygens (including phenoxy) is 2. The average molecular weight is 579 g/mol. The third-order valence-corrected chi connectivity index (χ3v) is 7.35. The highest BCUT2D eigenvalue weighted by Gasteiger charge is 2.21. The molecule has 0 aromatic heterocycles. The lowest BCUT2D eigenvalue weighted by Gasteiger charge is -2.19. The van der Waals surface area contributed by atoms with Gasteiger partial charge in [0.15, 0.2) is 5.11 Å². The molecule has 1 amide bonds. The van der Waals surface area contributed by atoms with Crippen molar-refractivity contribution >= 4 is 60.6 Å². The van der Waals surface area contributed by atoms with Crippen LogP contribution in [0.1, 0.15) is 10.4 Å². The lowest BCUT2D eigenvalue weighted by atomic mass is 10.2. The standard InChI is InChI=1S/C24H24BrN3O5S2/c1-28(19-6-4-3-5-7-19)35(30,31)20-11-9-18(10-12-20)26-24(34)27-23(29)21-16-17(25)8-13-22(21)33-15-14-32-2/h3-13,16H,14-15H2,1-2H3,(H2,26,27,29,34). The van der Waals surface area contributed by atoms with Crippen LogP contribution in [0.2, 0.25) is 0 Å². The molecule has 0 saturated heterocycles. The number of sulfonamides is 1. The molecule has 0 radical (unpaired) electrons.